The third-order valence-electron chi connectivity index (χ3n) is 2.64. The van der Waals surface area contributed by atoms with E-state index in [1.165, 1.54) is 0 Å². The number of rotatable bonds is 5. The molecule has 0 bridgehead atoms. The van der Waals surface area contributed by atoms with Gasteiger partial charge in [0.05, 0.1) is 12.3 Å². The van der Waals surface area contributed by atoms with Crippen molar-refractivity contribution in [1.29, 1.82) is 0 Å². The quantitative estimate of drug-likeness (QED) is 0.595. The summed E-state index contributed by atoms with van der Waals surface area (Å²) in [5.41, 5.74) is 0.959. The van der Waals surface area contributed by atoms with Crippen LogP contribution >= 0.6 is 22.6 Å². The Morgan fingerprint density at radius 2 is 2.12 bits per heavy atom. The molecule has 17 heavy (non-hydrogen) atoms. The van der Waals surface area contributed by atoms with Crippen molar-refractivity contribution in [3.05, 3.63) is 19.6 Å². The molecule has 1 heterocycles. The molecule has 0 saturated heterocycles. The Kier molecular flexibility index (Phi) is 5.23. The van der Waals surface area contributed by atoms with E-state index in [9.17, 15) is 9.59 Å². The van der Waals surface area contributed by atoms with Crippen molar-refractivity contribution in [3.8, 4) is 0 Å². The molecule has 0 N–H and O–H groups in total. The fourth-order valence-electron chi connectivity index (χ4n) is 1.59. The zero-order chi connectivity index (χ0) is 13.0. The number of ether oxygens (including phenoxy) is 1. The molecule has 1 aromatic heterocycles. The van der Waals surface area contributed by atoms with Crippen LogP contribution < -0.4 is 5.56 Å². The molecule has 0 amide bonds. The summed E-state index contributed by atoms with van der Waals surface area (Å²) in [6.07, 6.45) is 0.965. The van der Waals surface area contributed by atoms with Gasteiger partial charge in [0.15, 0.2) is 0 Å². The van der Waals surface area contributed by atoms with E-state index in [2.05, 4.69) is 0 Å². The summed E-state index contributed by atoms with van der Waals surface area (Å²) in [4.78, 5) is 23.0. The SMILES string of the molecule is CCOC(=O)CCCn1c(=O)c(I)c(C)n1C. The van der Waals surface area contributed by atoms with Crippen molar-refractivity contribution in [3.63, 3.8) is 0 Å². The van der Waals surface area contributed by atoms with Crippen molar-refractivity contribution in [2.45, 2.75) is 33.2 Å². The molecule has 5 nitrogen and oxygen atoms in total. The number of hydrogen-bond acceptors (Lipinski definition) is 3. The Hall–Kier alpha value is -0.790. The molecule has 0 unspecified atom stereocenters. The number of esters is 1. The van der Waals surface area contributed by atoms with E-state index in [0.717, 1.165) is 9.26 Å². The minimum atomic E-state index is -0.207. The van der Waals surface area contributed by atoms with Crippen LogP contribution in [-0.2, 0) is 23.1 Å². The topological polar surface area (TPSA) is 53.2 Å². The second-order valence-electron chi connectivity index (χ2n) is 3.76. The predicted molar refractivity (Wildman–Crippen MR) is 73.0 cm³/mol. The first-order chi connectivity index (χ1) is 7.99. The van der Waals surface area contributed by atoms with Gasteiger partial charge < -0.3 is 4.74 Å². The van der Waals surface area contributed by atoms with Gasteiger partial charge in [0, 0.05) is 20.0 Å². The molecular weight excluding hydrogens is 335 g/mol. The van der Waals surface area contributed by atoms with Gasteiger partial charge in [-0.3, -0.25) is 14.3 Å². The Balaban J connectivity index is 2.62. The molecule has 0 aliphatic heterocycles. The lowest BCUT2D eigenvalue weighted by Gasteiger charge is -2.07. The Bertz CT molecular complexity index is 462. The Morgan fingerprint density at radius 3 is 2.59 bits per heavy atom. The van der Waals surface area contributed by atoms with Gasteiger partial charge in [0.1, 0.15) is 3.57 Å². The third kappa shape index (κ3) is 3.34. The summed E-state index contributed by atoms with van der Waals surface area (Å²) in [6.45, 7) is 4.63. The minimum Gasteiger partial charge on any atom is -0.466 e. The summed E-state index contributed by atoms with van der Waals surface area (Å²) < 4.78 is 9.05. The largest absolute Gasteiger partial charge is 0.466 e. The predicted octanol–water partition coefficient (Wildman–Crippen LogP) is 1.44. The zero-order valence-electron chi connectivity index (χ0n) is 10.3. The maximum absolute atomic E-state index is 11.8. The zero-order valence-corrected chi connectivity index (χ0v) is 12.5. The van der Waals surface area contributed by atoms with Crippen LogP contribution in [0.4, 0.5) is 0 Å². The molecule has 96 valence electrons. The molecular formula is C11H17IN2O3. The Labute approximate surface area is 114 Å². The number of aromatic nitrogens is 2. The van der Waals surface area contributed by atoms with Gasteiger partial charge in [-0.2, -0.15) is 0 Å². The van der Waals surface area contributed by atoms with E-state index < -0.39 is 0 Å². The molecule has 0 fully saturated rings. The van der Waals surface area contributed by atoms with Crippen LogP contribution in [0.2, 0.25) is 0 Å². The molecule has 0 saturated carbocycles. The smallest absolute Gasteiger partial charge is 0.305 e. The van der Waals surface area contributed by atoms with Gasteiger partial charge in [-0.1, -0.05) is 0 Å². The van der Waals surface area contributed by atoms with Crippen molar-refractivity contribution in [1.82, 2.24) is 9.36 Å². The van der Waals surface area contributed by atoms with Gasteiger partial charge in [0.2, 0.25) is 0 Å². The van der Waals surface area contributed by atoms with Crippen molar-refractivity contribution in [2.75, 3.05) is 6.61 Å². The van der Waals surface area contributed by atoms with Crippen LogP contribution in [0.15, 0.2) is 4.79 Å². The average Bonchev–Trinajstić information content (AvgIpc) is 2.47. The second kappa shape index (κ2) is 6.23. The lowest BCUT2D eigenvalue weighted by atomic mass is 10.3. The molecule has 0 atom stereocenters. The van der Waals surface area contributed by atoms with Crippen molar-refractivity contribution >= 4 is 28.6 Å². The van der Waals surface area contributed by atoms with E-state index in [0.29, 0.717) is 26.0 Å². The monoisotopic (exact) mass is 352 g/mol. The normalized spacial score (nSPS) is 10.6. The fourth-order valence-corrected chi connectivity index (χ4v) is 2.21. The van der Waals surface area contributed by atoms with E-state index >= 15 is 0 Å². The van der Waals surface area contributed by atoms with E-state index in [1.54, 1.807) is 11.6 Å². The standard InChI is InChI=1S/C11H17IN2O3/c1-4-17-9(15)6-5-7-14-11(16)10(12)8(2)13(14)3/h4-7H2,1-3H3. The molecule has 1 aromatic rings. The first kappa shape index (κ1) is 14.3. The lowest BCUT2D eigenvalue weighted by molar-refractivity contribution is -0.143. The minimum absolute atomic E-state index is 0.00876. The van der Waals surface area contributed by atoms with Crippen LogP contribution in [0.5, 0.6) is 0 Å². The molecule has 6 heteroatoms. The number of hydrogen-bond donors (Lipinski definition) is 0. The highest BCUT2D eigenvalue weighted by atomic mass is 127. The summed E-state index contributed by atoms with van der Waals surface area (Å²) >= 11 is 2.05. The third-order valence-corrected chi connectivity index (χ3v) is 3.89. The molecule has 0 radical (unpaired) electrons. The number of carbonyl (C=O) groups excluding carboxylic acids is 1. The van der Waals surface area contributed by atoms with Crippen LogP contribution in [-0.4, -0.2) is 21.9 Å². The van der Waals surface area contributed by atoms with Crippen molar-refractivity contribution < 1.29 is 9.53 Å². The number of carbonyl (C=O) groups is 1. The molecule has 0 spiro atoms. The van der Waals surface area contributed by atoms with E-state index in [4.69, 9.17) is 4.74 Å². The molecule has 0 aliphatic rings. The number of nitrogens with zero attached hydrogens (tertiary/aromatic N) is 2. The molecule has 0 aromatic carbocycles. The van der Waals surface area contributed by atoms with E-state index in [1.807, 2.05) is 41.2 Å². The number of halogens is 1. The average molecular weight is 352 g/mol. The van der Waals surface area contributed by atoms with Crippen LogP contribution in [0, 0.1) is 10.5 Å². The Morgan fingerprint density at radius 1 is 1.47 bits per heavy atom. The lowest BCUT2D eigenvalue weighted by Crippen LogP contribution is -2.23. The summed E-state index contributed by atoms with van der Waals surface area (Å²) in [5, 5.41) is 0. The van der Waals surface area contributed by atoms with Gasteiger partial charge in [-0.15, -0.1) is 0 Å². The van der Waals surface area contributed by atoms with Gasteiger partial charge in [0.25, 0.3) is 5.56 Å². The van der Waals surface area contributed by atoms with Crippen LogP contribution in [0.1, 0.15) is 25.5 Å². The summed E-state index contributed by atoms with van der Waals surface area (Å²) in [5.74, 6) is -0.207. The second-order valence-corrected chi connectivity index (χ2v) is 4.84. The van der Waals surface area contributed by atoms with Crippen molar-refractivity contribution in [2.24, 2.45) is 7.05 Å². The van der Waals surface area contributed by atoms with Gasteiger partial charge >= 0.3 is 5.97 Å². The van der Waals surface area contributed by atoms with Crippen LogP contribution in [0.3, 0.4) is 0 Å². The highest BCUT2D eigenvalue weighted by Crippen LogP contribution is 2.07. The summed E-state index contributed by atoms with van der Waals surface area (Å²) in [7, 11) is 1.85. The highest BCUT2D eigenvalue weighted by molar-refractivity contribution is 14.1. The molecule has 0 aliphatic carbocycles. The van der Waals surface area contributed by atoms with Gasteiger partial charge in [-0.25, -0.2) is 4.68 Å². The first-order valence-corrected chi connectivity index (χ1v) is 6.64. The summed E-state index contributed by atoms with van der Waals surface area (Å²) in [6, 6.07) is 0. The molecule has 1 rings (SSSR count). The van der Waals surface area contributed by atoms with Gasteiger partial charge in [-0.05, 0) is 42.9 Å². The van der Waals surface area contributed by atoms with Crippen LogP contribution in [0.25, 0.3) is 0 Å². The highest BCUT2D eigenvalue weighted by Gasteiger charge is 2.12. The van der Waals surface area contributed by atoms with E-state index in [-0.39, 0.29) is 11.5 Å². The maximum atomic E-state index is 11.8. The fraction of sp³-hybridized carbons (Fsp3) is 0.636. The first-order valence-electron chi connectivity index (χ1n) is 5.56. The maximum Gasteiger partial charge on any atom is 0.305 e.